The molecule has 4 N–H and O–H groups in total. The molecule has 7 heteroatoms. The van der Waals surface area contributed by atoms with E-state index in [0.29, 0.717) is 24.2 Å². The molecule has 0 aromatic heterocycles. The van der Waals surface area contributed by atoms with E-state index in [0.717, 1.165) is 38.1 Å². The SMILES string of the molecule is COC1CCC(C2CCCN3NC(NC4CCC(C(=O)O)CC4)NC23)CC1. The van der Waals surface area contributed by atoms with Crippen LogP contribution in [0.5, 0.6) is 0 Å². The standard InChI is InChI=1S/C20H36N4O3/c1-27-16-10-6-13(7-11-16)17-3-2-12-24-18(17)22-20(23-24)21-15-8-4-14(5-9-15)19(25)26/h13-18,20-23H,2-12H2,1H3,(H,25,26). The molecule has 27 heavy (non-hydrogen) atoms. The topological polar surface area (TPSA) is 85.9 Å². The summed E-state index contributed by atoms with van der Waals surface area (Å²) in [5.74, 6) is 0.723. The number of piperidine rings is 1. The van der Waals surface area contributed by atoms with E-state index in [4.69, 9.17) is 4.74 Å². The first kappa shape index (κ1) is 19.6. The lowest BCUT2D eigenvalue weighted by atomic mass is 9.74. The molecule has 2 saturated heterocycles. The van der Waals surface area contributed by atoms with Gasteiger partial charge in [0.05, 0.1) is 18.2 Å². The van der Waals surface area contributed by atoms with Crippen LogP contribution in [0.15, 0.2) is 0 Å². The summed E-state index contributed by atoms with van der Waals surface area (Å²) in [4.78, 5) is 11.1. The highest BCUT2D eigenvalue weighted by molar-refractivity contribution is 5.70. The fraction of sp³-hybridized carbons (Fsp3) is 0.950. The van der Waals surface area contributed by atoms with Crippen LogP contribution in [0.2, 0.25) is 0 Å². The zero-order valence-electron chi connectivity index (χ0n) is 16.5. The number of fused-ring (bicyclic) bond motifs is 1. The van der Waals surface area contributed by atoms with Gasteiger partial charge in [-0.05, 0) is 76.0 Å². The van der Waals surface area contributed by atoms with E-state index >= 15 is 0 Å². The molecular formula is C20H36N4O3. The minimum Gasteiger partial charge on any atom is -0.481 e. The molecule has 3 atom stereocenters. The summed E-state index contributed by atoms with van der Waals surface area (Å²) in [5.41, 5.74) is 3.63. The van der Waals surface area contributed by atoms with Crippen molar-refractivity contribution >= 4 is 5.97 Å². The second-order valence-electron chi connectivity index (χ2n) is 9.00. The number of hydrogen-bond acceptors (Lipinski definition) is 6. The molecule has 2 aliphatic carbocycles. The van der Waals surface area contributed by atoms with Crippen LogP contribution in [0.25, 0.3) is 0 Å². The maximum Gasteiger partial charge on any atom is 0.306 e. The van der Waals surface area contributed by atoms with Crippen LogP contribution >= 0.6 is 0 Å². The zero-order valence-corrected chi connectivity index (χ0v) is 16.5. The third kappa shape index (κ3) is 4.48. The van der Waals surface area contributed by atoms with Crippen LogP contribution < -0.4 is 16.1 Å². The van der Waals surface area contributed by atoms with Crippen LogP contribution in [0.3, 0.4) is 0 Å². The number of carbonyl (C=O) groups is 1. The van der Waals surface area contributed by atoms with E-state index in [2.05, 4.69) is 21.1 Å². The molecule has 3 unspecified atom stereocenters. The van der Waals surface area contributed by atoms with Gasteiger partial charge in [0.25, 0.3) is 0 Å². The van der Waals surface area contributed by atoms with Gasteiger partial charge in [-0.25, -0.2) is 10.4 Å². The fourth-order valence-electron chi connectivity index (χ4n) is 5.83. The molecule has 2 aliphatic heterocycles. The number of nitrogens with one attached hydrogen (secondary N) is 3. The molecule has 4 fully saturated rings. The summed E-state index contributed by atoms with van der Waals surface area (Å²) < 4.78 is 5.55. The Morgan fingerprint density at radius 1 is 1.07 bits per heavy atom. The predicted octanol–water partition coefficient (Wildman–Crippen LogP) is 1.85. The minimum atomic E-state index is -0.631. The highest BCUT2D eigenvalue weighted by atomic mass is 16.5. The van der Waals surface area contributed by atoms with Crippen molar-refractivity contribution in [2.24, 2.45) is 17.8 Å². The van der Waals surface area contributed by atoms with Crippen molar-refractivity contribution in [3.8, 4) is 0 Å². The van der Waals surface area contributed by atoms with Gasteiger partial charge in [-0.1, -0.05) is 0 Å². The number of rotatable bonds is 5. The summed E-state index contributed by atoms with van der Waals surface area (Å²) >= 11 is 0. The average molecular weight is 381 g/mol. The number of methoxy groups -OCH3 is 1. The Bertz CT molecular complexity index is 503. The lowest BCUT2D eigenvalue weighted by Gasteiger charge is -2.42. The summed E-state index contributed by atoms with van der Waals surface area (Å²) in [6.45, 7) is 1.10. The molecule has 0 radical (unpaired) electrons. The summed E-state index contributed by atoms with van der Waals surface area (Å²) in [7, 11) is 1.84. The Hall–Kier alpha value is -0.730. The first-order valence-corrected chi connectivity index (χ1v) is 10.9. The van der Waals surface area contributed by atoms with Gasteiger partial charge >= 0.3 is 5.97 Å². The number of carboxylic acids is 1. The van der Waals surface area contributed by atoms with Gasteiger partial charge in [-0.3, -0.25) is 15.4 Å². The normalized spacial score (nSPS) is 43.4. The molecule has 0 spiro atoms. The van der Waals surface area contributed by atoms with Crippen LogP contribution in [0.4, 0.5) is 0 Å². The van der Waals surface area contributed by atoms with Crippen molar-refractivity contribution in [1.29, 1.82) is 0 Å². The Morgan fingerprint density at radius 2 is 1.81 bits per heavy atom. The third-order valence-corrected chi connectivity index (χ3v) is 7.45. The molecule has 7 nitrogen and oxygen atoms in total. The minimum absolute atomic E-state index is 0.109. The van der Waals surface area contributed by atoms with Gasteiger partial charge < -0.3 is 9.84 Å². The molecule has 0 aromatic carbocycles. The van der Waals surface area contributed by atoms with Crippen molar-refractivity contribution in [3.63, 3.8) is 0 Å². The predicted molar refractivity (Wildman–Crippen MR) is 103 cm³/mol. The van der Waals surface area contributed by atoms with E-state index in [1.165, 1.54) is 38.5 Å². The smallest absolute Gasteiger partial charge is 0.306 e. The van der Waals surface area contributed by atoms with Crippen LogP contribution in [-0.2, 0) is 9.53 Å². The number of hydrogen-bond donors (Lipinski definition) is 4. The van der Waals surface area contributed by atoms with Crippen LogP contribution in [-0.4, -0.2) is 54.3 Å². The van der Waals surface area contributed by atoms with Gasteiger partial charge in [-0.15, -0.1) is 0 Å². The van der Waals surface area contributed by atoms with E-state index in [1.54, 1.807) is 0 Å². The highest BCUT2D eigenvalue weighted by Gasteiger charge is 2.43. The molecule has 2 heterocycles. The third-order valence-electron chi connectivity index (χ3n) is 7.45. The number of hydrazine groups is 1. The zero-order chi connectivity index (χ0) is 18.8. The summed E-state index contributed by atoms with van der Waals surface area (Å²) in [5, 5.41) is 19.1. The number of aliphatic carboxylic acids is 1. The van der Waals surface area contributed by atoms with Crippen molar-refractivity contribution in [1.82, 2.24) is 21.1 Å². The average Bonchev–Trinajstić information content (AvgIpc) is 3.11. The second kappa shape index (κ2) is 8.74. The highest BCUT2D eigenvalue weighted by Crippen LogP contribution is 2.38. The maximum absolute atomic E-state index is 11.1. The molecule has 2 saturated carbocycles. The molecule has 0 amide bonds. The van der Waals surface area contributed by atoms with Gasteiger partial charge in [0.1, 0.15) is 6.29 Å². The Labute approximate surface area is 162 Å². The molecule has 154 valence electrons. The van der Waals surface area contributed by atoms with Crippen LogP contribution in [0, 0.1) is 17.8 Å². The van der Waals surface area contributed by atoms with Crippen molar-refractivity contribution in [3.05, 3.63) is 0 Å². The van der Waals surface area contributed by atoms with Crippen LogP contribution in [0.1, 0.15) is 64.2 Å². The molecule has 0 bridgehead atoms. The van der Waals surface area contributed by atoms with E-state index in [9.17, 15) is 9.90 Å². The number of ether oxygens (including phenoxy) is 1. The van der Waals surface area contributed by atoms with E-state index < -0.39 is 5.97 Å². The van der Waals surface area contributed by atoms with Gasteiger partial charge in [0, 0.05) is 19.7 Å². The lowest BCUT2D eigenvalue weighted by Crippen LogP contribution is -2.52. The number of nitrogens with zero attached hydrogens (tertiary/aromatic N) is 1. The molecular weight excluding hydrogens is 344 g/mol. The van der Waals surface area contributed by atoms with Crippen molar-refractivity contribution in [2.75, 3.05) is 13.7 Å². The number of carboxylic acid groups (broad SMARTS) is 1. The van der Waals surface area contributed by atoms with Gasteiger partial charge in [0.15, 0.2) is 0 Å². The van der Waals surface area contributed by atoms with Gasteiger partial charge in [0.2, 0.25) is 0 Å². The maximum atomic E-state index is 11.1. The van der Waals surface area contributed by atoms with E-state index in [1.807, 2.05) is 7.11 Å². The second-order valence-corrected chi connectivity index (χ2v) is 9.00. The molecule has 4 aliphatic rings. The Kier molecular flexibility index (Phi) is 6.34. The Morgan fingerprint density at radius 3 is 2.48 bits per heavy atom. The Balaban J connectivity index is 1.28. The van der Waals surface area contributed by atoms with Crippen molar-refractivity contribution < 1.29 is 14.6 Å². The monoisotopic (exact) mass is 380 g/mol. The van der Waals surface area contributed by atoms with Crippen molar-refractivity contribution in [2.45, 2.75) is 88.8 Å². The lowest BCUT2D eigenvalue weighted by molar-refractivity contribution is -0.142. The summed E-state index contributed by atoms with van der Waals surface area (Å²) in [6, 6.07) is 0.405. The molecule has 4 rings (SSSR count). The molecule has 0 aromatic rings. The fourth-order valence-corrected chi connectivity index (χ4v) is 5.83. The van der Waals surface area contributed by atoms with E-state index in [-0.39, 0.29) is 12.2 Å². The first-order valence-electron chi connectivity index (χ1n) is 10.9. The first-order chi connectivity index (χ1) is 13.1. The largest absolute Gasteiger partial charge is 0.481 e. The van der Waals surface area contributed by atoms with Gasteiger partial charge in [-0.2, -0.15) is 0 Å². The quantitative estimate of drug-likeness (QED) is 0.579. The summed E-state index contributed by atoms with van der Waals surface area (Å²) in [6.07, 6.45) is 12.0.